The minimum absolute atomic E-state index is 0.0525. The lowest BCUT2D eigenvalue weighted by atomic mass is 10.2. The van der Waals surface area contributed by atoms with Crippen molar-refractivity contribution in [2.75, 3.05) is 0 Å². The monoisotopic (exact) mass is 460 g/mol. The van der Waals surface area contributed by atoms with E-state index in [1.54, 1.807) is 18.2 Å². The number of benzene rings is 1. The molecule has 0 amide bonds. The van der Waals surface area contributed by atoms with Gasteiger partial charge in [0.2, 0.25) is 0 Å². The van der Waals surface area contributed by atoms with Gasteiger partial charge in [0.1, 0.15) is 5.15 Å². The summed E-state index contributed by atoms with van der Waals surface area (Å²) in [6, 6.07) is 8.06. The van der Waals surface area contributed by atoms with Gasteiger partial charge in [-0.05, 0) is 47.7 Å². The number of carbonyl (C=O) groups excluding carboxylic acids is 1. The summed E-state index contributed by atoms with van der Waals surface area (Å²) >= 11 is 8.19. The van der Waals surface area contributed by atoms with Crippen molar-refractivity contribution >= 4 is 61.5 Å². The van der Waals surface area contributed by atoms with E-state index in [0.29, 0.717) is 20.8 Å². The Bertz CT molecular complexity index is 1030. The molecule has 1 aromatic carbocycles. The van der Waals surface area contributed by atoms with Gasteiger partial charge in [0.25, 0.3) is 10.0 Å². The summed E-state index contributed by atoms with van der Waals surface area (Å²) in [7, 11) is -3.88. The van der Waals surface area contributed by atoms with Crippen LogP contribution >= 0.6 is 34.2 Å². The average molecular weight is 461 g/mol. The Morgan fingerprint density at radius 2 is 1.91 bits per heavy atom. The van der Waals surface area contributed by atoms with E-state index in [-0.39, 0.29) is 15.7 Å². The Morgan fingerprint density at radius 1 is 1.26 bits per heavy atom. The molecule has 3 aromatic rings. The molecule has 0 saturated carbocycles. The number of carbonyl (C=O) groups is 1. The number of halogens is 2. The average Bonchev–Trinajstić information content (AvgIpc) is 2.79. The van der Waals surface area contributed by atoms with Crippen LogP contribution in [0.3, 0.4) is 0 Å². The summed E-state index contributed by atoms with van der Waals surface area (Å²) < 4.78 is 27.4. The fourth-order valence-corrected chi connectivity index (χ4v) is 4.81. The molecule has 0 radical (unpaired) electrons. The number of hydrogen-bond donors (Lipinski definition) is 0. The Morgan fingerprint density at radius 3 is 2.52 bits per heavy atom. The largest absolute Gasteiger partial charge is 0.298 e. The van der Waals surface area contributed by atoms with E-state index in [1.165, 1.54) is 18.3 Å². The number of fused-ring (bicyclic) bond motifs is 1. The van der Waals surface area contributed by atoms with Crippen molar-refractivity contribution in [3.63, 3.8) is 0 Å². The lowest BCUT2D eigenvalue weighted by Crippen LogP contribution is -2.13. The topological polar surface area (TPSA) is 69.0 Å². The molecular formula is C15H10ClIN2O3S. The number of aryl methyl sites for hydroxylation is 1. The van der Waals surface area contributed by atoms with Crippen LogP contribution < -0.4 is 0 Å². The maximum Gasteiger partial charge on any atom is 0.270 e. The maximum absolute atomic E-state index is 12.9. The summed E-state index contributed by atoms with van der Waals surface area (Å²) in [5, 5.41) is 0.576. The normalized spacial score (nSPS) is 11.8. The van der Waals surface area contributed by atoms with Crippen LogP contribution in [0.15, 0.2) is 41.4 Å². The molecule has 0 atom stereocenters. The molecule has 2 aromatic heterocycles. The van der Waals surface area contributed by atoms with Crippen LogP contribution in [0, 0.1) is 10.5 Å². The van der Waals surface area contributed by atoms with E-state index >= 15 is 0 Å². The minimum Gasteiger partial charge on any atom is -0.298 e. The predicted molar refractivity (Wildman–Crippen MR) is 96.6 cm³/mol. The molecule has 0 saturated heterocycles. The molecule has 0 spiro atoms. The molecule has 2 heterocycles. The van der Waals surface area contributed by atoms with Gasteiger partial charge in [-0.25, -0.2) is 17.4 Å². The maximum atomic E-state index is 12.9. The SMILES string of the molecule is Cc1ccc(S(=O)(=O)n2c(Cl)c(I)c3cc(C=O)cnc32)cc1. The van der Waals surface area contributed by atoms with E-state index in [0.717, 1.165) is 9.54 Å². The van der Waals surface area contributed by atoms with Crippen LogP contribution in [0.5, 0.6) is 0 Å². The van der Waals surface area contributed by atoms with E-state index in [2.05, 4.69) is 4.98 Å². The third-order valence-electron chi connectivity index (χ3n) is 3.37. The van der Waals surface area contributed by atoms with Crippen molar-refractivity contribution in [1.82, 2.24) is 8.96 Å². The van der Waals surface area contributed by atoms with Crippen LogP contribution in [-0.4, -0.2) is 23.7 Å². The van der Waals surface area contributed by atoms with Gasteiger partial charge < -0.3 is 0 Å². The number of aldehydes is 1. The van der Waals surface area contributed by atoms with Crippen LogP contribution in [-0.2, 0) is 10.0 Å². The molecule has 0 aliphatic heterocycles. The van der Waals surface area contributed by atoms with Gasteiger partial charge >= 0.3 is 0 Å². The lowest BCUT2D eigenvalue weighted by molar-refractivity contribution is 0.112. The van der Waals surface area contributed by atoms with Crippen LogP contribution in [0.25, 0.3) is 11.0 Å². The molecule has 0 bridgehead atoms. The highest BCUT2D eigenvalue weighted by Gasteiger charge is 2.26. The highest BCUT2D eigenvalue weighted by molar-refractivity contribution is 14.1. The Labute approximate surface area is 151 Å². The first kappa shape index (κ1) is 16.4. The van der Waals surface area contributed by atoms with E-state index in [1.807, 2.05) is 29.5 Å². The highest BCUT2D eigenvalue weighted by atomic mass is 127. The van der Waals surface area contributed by atoms with Gasteiger partial charge in [-0.15, -0.1) is 0 Å². The molecule has 0 N–H and O–H groups in total. The predicted octanol–water partition coefficient (Wildman–Crippen LogP) is 3.65. The first-order valence-electron chi connectivity index (χ1n) is 6.49. The smallest absolute Gasteiger partial charge is 0.270 e. The lowest BCUT2D eigenvalue weighted by Gasteiger charge is -2.08. The van der Waals surface area contributed by atoms with E-state index in [9.17, 15) is 13.2 Å². The summed E-state index contributed by atoms with van der Waals surface area (Å²) in [6.07, 6.45) is 1.98. The third kappa shape index (κ3) is 2.66. The first-order chi connectivity index (χ1) is 10.9. The van der Waals surface area contributed by atoms with Crippen LogP contribution in [0.2, 0.25) is 5.15 Å². The zero-order valence-corrected chi connectivity index (χ0v) is 15.6. The highest BCUT2D eigenvalue weighted by Crippen LogP contribution is 2.33. The number of nitrogens with zero attached hydrogens (tertiary/aromatic N) is 2. The molecule has 0 aliphatic rings. The minimum atomic E-state index is -3.88. The van der Waals surface area contributed by atoms with Crippen molar-refractivity contribution in [2.45, 2.75) is 11.8 Å². The summed E-state index contributed by atoms with van der Waals surface area (Å²) in [4.78, 5) is 15.1. The molecule has 0 fully saturated rings. The fourth-order valence-electron chi connectivity index (χ4n) is 2.19. The van der Waals surface area contributed by atoms with Crippen molar-refractivity contribution in [3.05, 3.63) is 56.4 Å². The van der Waals surface area contributed by atoms with Gasteiger partial charge in [-0.3, -0.25) is 4.79 Å². The van der Waals surface area contributed by atoms with E-state index < -0.39 is 10.0 Å². The number of aromatic nitrogens is 2. The standard InChI is InChI=1S/C15H10ClIN2O3S/c1-9-2-4-11(5-3-9)23(21,22)19-14(16)13(17)12-6-10(8-20)7-18-15(12)19/h2-8H,1H3. The van der Waals surface area contributed by atoms with Crippen molar-refractivity contribution in [2.24, 2.45) is 0 Å². The Kier molecular flexibility index (Phi) is 4.19. The molecule has 5 nitrogen and oxygen atoms in total. The van der Waals surface area contributed by atoms with Crippen LogP contribution in [0.1, 0.15) is 15.9 Å². The Balaban J connectivity index is 2.33. The second-order valence-electron chi connectivity index (χ2n) is 4.94. The van der Waals surface area contributed by atoms with Gasteiger partial charge in [0.15, 0.2) is 11.9 Å². The second-order valence-corrected chi connectivity index (χ2v) is 8.17. The number of hydrogen-bond acceptors (Lipinski definition) is 4. The molecule has 0 unspecified atom stereocenters. The quantitative estimate of drug-likeness (QED) is 0.442. The molecule has 3 rings (SSSR count). The summed E-state index contributed by atoms with van der Waals surface area (Å²) in [5.41, 5.74) is 1.51. The van der Waals surface area contributed by atoms with Gasteiger partial charge in [0.05, 0.1) is 8.47 Å². The second kappa shape index (κ2) is 5.88. The van der Waals surface area contributed by atoms with Gasteiger partial charge in [-0.2, -0.15) is 0 Å². The molecule has 0 aliphatic carbocycles. The molecule has 118 valence electrons. The molecular weight excluding hydrogens is 451 g/mol. The van der Waals surface area contributed by atoms with Crippen molar-refractivity contribution in [3.8, 4) is 0 Å². The third-order valence-corrected chi connectivity index (χ3v) is 6.94. The first-order valence-corrected chi connectivity index (χ1v) is 9.39. The van der Waals surface area contributed by atoms with Gasteiger partial charge in [-0.1, -0.05) is 29.3 Å². The summed E-state index contributed by atoms with van der Waals surface area (Å²) in [6.45, 7) is 1.87. The zero-order valence-electron chi connectivity index (χ0n) is 11.8. The molecule has 8 heteroatoms. The molecule has 23 heavy (non-hydrogen) atoms. The zero-order chi connectivity index (χ0) is 16.8. The fraction of sp³-hybridized carbons (Fsp3) is 0.0667. The van der Waals surface area contributed by atoms with Crippen molar-refractivity contribution < 1.29 is 13.2 Å². The number of rotatable bonds is 3. The van der Waals surface area contributed by atoms with Crippen molar-refractivity contribution in [1.29, 1.82) is 0 Å². The Hall–Kier alpha value is -1.45. The van der Waals surface area contributed by atoms with E-state index in [4.69, 9.17) is 11.6 Å². The number of pyridine rings is 1. The summed E-state index contributed by atoms with van der Waals surface area (Å²) in [5.74, 6) is 0. The van der Waals surface area contributed by atoms with Crippen LogP contribution in [0.4, 0.5) is 0 Å². The van der Waals surface area contributed by atoms with Gasteiger partial charge in [0, 0.05) is 17.1 Å².